The second-order valence-corrected chi connectivity index (χ2v) is 4.25. The molecule has 1 N–H and O–H groups in total. The highest BCUT2D eigenvalue weighted by Gasteiger charge is 2.04. The Labute approximate surface area is 108 Å². The monoisotopic (exact) mass is 242 g/mol. The summed E-state index contributed by atoms with van der Waals surface area (Å²) in [4.78, 5) is 13.1. The molecule has 2 rings (SSSR count). The number of nitrogens with one attached hydrogen (secondary N) is 1. The van der Waals surface area contributed by atoms with E-state index in [0.717, 1.165) is 42.2 Å². The molecule has 0 unspecified atom stereocenters. The number of hydrogen-bond donors (Lipinski definition) is 1. The zero-order valence-electron chi connectivity index (χ0n) is 10.8. The lowest BCUT2D eigenvalue weighted by Crippen LogP contribution is -2.10. The normalized spacial score (nSPS) is 10.6. The molecule has 2 aromatic rings. The van der Waals surface area contributed by atoms with Crippen molar-refractivity contribution in [2.75, 3.05) is 13.6 Å². The summed E-state index contributed by atoms with van der Waals surface area (Å²) >= 11 is 0. The molecule has 0 aliphatic rings. The molecule has 0 aliphatic carbocycles. The van der Waals surface area contributed by atoms with E-state index in [2.05, 4.69) is 20.3 Å². The average Bonchev–Trinajstić information content (AvgIpc) is 2.39. The van der Waals surface area contributed by atoms with Gasteiger partial charge in [-0.1, -0.05) is 0 Å². The van der Waals surface area contributed by atoms with Gasteiger partial charge in [0, 0.05) is 30.1 Å². The second-order valence-electron chi connectivity index (χ2n) is 4.25. The zero-order chi connectivity index (χ0) is 12.8. The van der Waals surface area contributed by atoms with Crippen LogP contribution in [0.3, 0.4) is 0 Å². The van der Waals surface area contributed by atoms with Crippen LogP contribution in [0.15, 0.2) is 30.6 Å². The van der Waals surface area contributed by atoms with E-state index in [1.165, 1.54) is 0 Å². The summed E-state index contributed by atoms with van der Waals surface area (Å²) in [7, 11) is 1.96. The Morgan fingerprint density at radius 2 is 1.94 bits per heavy atom. The first-order valence-electron chi connectivity index (χ1n) is 6.19. The van der Waals surface area contributed by atoms with Crippen LogP contribution < -0.4 is 5.32 Å². The van der Waals surface area contributed by atoms with Crippen LogP contribution in [0.2, 0.25) is 0 Å². The van der Waals surface area contributed by atoms with Crippen molar-refractivity contribution >= 4 is 0 Å². The number of nitrogens with zero attached hydrogens (tertiary/aromatic N) is 3. The molecule has 18 heavy (non-hydrogen) atoms. The van der Waals surface area contributed by atoms with E-state index < -0.39 is 0 Å². The van der Waals surface area contributed by atoms with Gasteiger partial charge in [0.15, 0.2) is 0 Å². The molecule has 0 bridgehead atoms. The molecule has 4 nitrogen and oxygen atoms in total. The van der Waals surface area contributed by atoms with E-state index >= 15 is 0 Å². The van der Waals surface area contributed by atoms with Crippen molar-refractivity contribution in [1.82, 2.24) is 20.3 Å². The lowest BCUT2D eigenvalue weighted by atomic mass is 10.1. The van der Waals surface area contributed by atoms with Crippen LogP contribution >= 0.6 is 0 Å². The first-order chi connectivity index (χ1) is 8.79. The summed E-state index contributed by atoms with van der Waals surface area (Å²) in [5.41, 5.74) is 3.07. The highest BCUT2D eigenvalue weighted by Crippen LogP contribution is 2.16. The molecule has 0 amide bonds. The molecule has 2 aromatic heterocycles. The number of rotatable bonds is 5. The van der Waals surface area contributed by atoms with Crippen LogP contribution in [-0.4, -0.2) is 28.5 Å². The number of aromatic nitrogens is 3. The molecular weight excluding hydrogens is 224 g/mol. The maximum absolute atomic E-state index is 4.61. The SMILES string of the molecule is CNCCCc1nc(C)cc(-c2ccncc2)n1. The number of pyridine rings is 1. The lowest BCUT2D eigenvalue weighted by Gasteiger charge is -2.06. The Morgan fingerprint density at radius 3 is 2.67 bits per heavy atom. The molecule has 0 aliphatic heterocycles. The van der Waals surface area contributed by atoms with E-state index in [9.17, 15) is 0 Å². The van der Waals surface area contributed by atoms with Gasteiger partial charge in [-0.2, -0.15) is 0 Å². The van der Waals surface area contributed by atoms with E-state index in [1.54, 1.807) is 12.4 Å². The summed E-state index contributed by atoms with van der Waals surface area (Å²) in [5.74, 6) is 0.914. The predicted molar refractivity (Wildman–Crippen MR) is 72.2 cm³/mol. The van der Waals surface area contributed by atoms with E-state index in [-0.39, 0.29) is 0 Å². The largest absolute Gasteiger partial charge is 0.320 e. The van der Waals surface area contributed by atoms with Gasteiger partial charge in [0.2, 0.25) is 0 Å². The van der Waals surface area contributed by atoms with Gasteiger partial charge in [-0.3, -0.25) is 4.98 Å². The third kappa shape index (κ3) is 3.34. The molecule has 4 heteroatoms. The van der Waals surface area contributed by atoms with Gasteiger partial charge in [0.05, 0.1) is 5.69 Å². The van der Waals surface area contributed by atoms with Gasteiger partial charge in [-0.15, -0.1) is 0 Å². The van der Waals surface area contributed by atoms with Gasteiger partial charge in [-0.05, 0) is 45.1 Å². The summed E-state index contributed by atoms with van der Waals surface area (Å²) in [5, 5.41) is 3.14. The summed E-state index contributed by atoms with van der Waals surface area (Å²) < 4.78 is 0. The lowest BCUT2D eigenvalue weighted by molar-refractivity contribution is 0.701. The summed E-state index contributed by atoms with van der Waals surface area (Å²) in [6.45, 7) is 3.00. The maximum atomic E-state index is 4.61. The Morgan fingerprint density at radius 1 is 1.17 bits per heavy atom. The number of aryl methyl sites for hydroxylation is 2. The van der Waals surface area contributed by atoms with Crippen molar-refractivity contribution in [3.05, 3.63) is 42.1 Å². The van der Waals surface area contributed by atoms with Crippen LogP contribution in [0.4, 0.5) is 0 Å². The minimum Gasteiger partial charge on any atom is -0.320 e. The fraction of sp³-hybridized carbons (Fsp3) is 0.357. The van der Waals surface area contributed by atoms with E-state index in [4.69, 9.17) is 0 Å². The van der Waals surface area contributed by atoms with Gasteiger partial charge in [0.1, 0.15) is 5.82 Å². The van der Waals surface area contributed by atoms with Crippen molar-refractivity contribution < 1.29 is 0 Å². The van der Waals surface area contributed by atoms with Crippen molar-refractivity contribution in [3.63, 3.8) is 0 Å². The third-order valence-corrected chi connectivity index (χ3v) is 2.70. The minimum atomic E-state index is 0.903. The Balaban J connectivity index is 2.21. The Hall–Kier alpha value is -1.81. The first kappa shape index (κ1) is 12.6. The fourth-order valence-electron chi connectivity index (χ4n) is 1.84. The molecule has 0 fully saturated rings. The quantitative estimate of drug-likeness (QED) is 0.815. The average molecular weight is 242 g/mol. The molecule has 0 atom stereocenters. The maximum Gasteiger partial charge on any atom is 0.129 e. The smallest absolute Gasteiger partial charge is 0.129 e. The fourth-order valence-corrected chi connectivity index (χ4v) is 1.84. The van der Waals surface area contributed by atoms with Crippen molar-refractivity contribution in [3.8, 4) is 11.3 Å². The molecular formula is C14H18N4. The molecule has 0 saturated heterocycles. The minimum absolute atomic E-state index is 0.903. The van der Waals surface area contributed by atoms with E-state index in [0.29, 0.717) is 0 Å². The highest BCUT2D eigenvalue weighted by molar-refractivity contribution is 5.58. The van der Waals surface area contributed by atoms with Crippen molar-refractivity contribution in [2.24, 2.45) is 0 Å². The van der Waals surface area contributed by atoms with Crippen molar-refractivity contribution in [2.45, 2.75) is 19.8 Å². The Bertz CT molecular complexity index is 496. The van der Waals surface area contributed by atoms with Gasteiger partial charge >= 0.3 is 0 Å². The molecule has 2 heterocycles. The third-order valence-electron chi connectivity index (χ3n) is 2.70. The van der Waals surface area contributed by atoms with Gasteiger partial charge in [0.25, 0.3) is 0 Å². The standard InChI is InChI=1S/C14H18N4/c1-11-10-13(12-5-8-16-9-6-12)18-14(17-11)4-3-7-15-2/h5-6,8-10,15H,3-4,7H2,1-2H3. The molecule has 94 valence electrons. The van der Waals surface area contributed by atoms with Crippen LogP contribution in [0, 0.1) is 6.92 Å². The van der Waals surface area contributed by atoms with Crippen LogP contribution in [0.25, 0.3) is 11.3 Å². The van der Waals surface area contributed by atoms with Crippen LogP contribution in [0.5, 0.6) is 0 Å². The Kier molecular flexibility index (Phi) is 4.36. The van der Waals surface area contributed by atoms with Gasteiger partial charge in [-0.25, -0.2) is 9.97 Å². The molecule has 0 saturated carbocycles. The molecule has 0 spiro atoms. The first-order valence-corrected chi connectivity index (χ1v) is 6.19. The van der Waals surface area contributed by atoms with Crippen molar-refractivity contribution in [1.29, 1.82) is 0 Å². The van der Waals surface area contributed by atoms with E-state index in [1.807, 2.05) is 32.2 Å². The van der Waals surface area contributed by atoms with Gasteiger partial charge < -0.3 is 5.32 Å². The zero-order valence-corrected chi connectivity index (χ0v) is 10.8. The topological polar surface area (TPSA) is 50.7 Å². The van der Waals surface area contributed by atoms with Crippen LogP contribution in [0.1, 0.15) is 17.9 Å². The number of hydrogen-bond acceptors (Lipinski definition) is 4. The molecule has 0 aromatic carbocycles. The molecule has 0 radical (unpaired) electrons. The summed E-state index contributed by atoms with van der Waals surface area (Å²) in [6, 6.07) is 5.95. The summed E-state index contributed by atoms with van der Waals surface area (Å²) in [6.07, 6.45) is 5.53. The second kappa shape index (κ2) is 6.21. The highest BCUT2D eigenvalue weighted by atomic mass is 14.9. The van der Waals surface area contributed by atoms with Crippen LogP contribution in [-0.2, 0) is 6.42 Å². The predicted octanol–water partition coefficient (Wildman–Crippen LogP) is 2.00.